The molecule has 0 bridgehead atoms. The van der Waals surface area contributed by atoms with Gasteiger partial charge in [-0.15, -0.1) is 0 Å². The molecule has 3 aromatic carbocycles. The van der Waals surface area contributed by atoms with Crippen molar-refractivity contribution in [3.8, 4) is 5.75 Å². The van der Waals surface area contributed by atoms with E-state index >= 15 is 0 Å². The zero-order valence-electron chi connectivity index (χ0n) is 20.2. The van der Waals surface area contributed by atoms with E-state index in [-0.39, 0.29) is 26.3 Å². The number of rotatable bonds is 9. The molecule has 192 valence electrons. The van der Waals surface area contributed by atoms with Gasteiger partial charge in [0.25, 0.3) is 10.0 Å². The number of sulfone groups is 1. The van der Waals surface area contributed by atoms with E-state index in [1.807, 2.05) is 6.92 Å². The summed E-state index contributed by atoms with van der Waals surface area (Å²) in [5.41, 5.74) is 1.66. The standard InChI is InChI=1S/C25H27ClN2O6S2/c1-17-5-10-22(11-6-17)36(32,33)28(23-15-20(26)9-14-24(23)34-3)16-25(29)27-18(2)19-7-12-21(13-8-19)35(4,30)31/h5-15,18H,16H2,1-4H3,(H,27,29). The van der Waals surface area contributed by atoms with Crippen molar-refractivity contribution in [1.82, 2.24) is 5.32 Å². The molecule has 0 aliphatic rings. The minimum Gasteiger partial charge on any atom is -0.495 e. The highest BCUT2D eigenvalue weighted by molar-refractivity contribution is 7.93. The molecule has 0 saturated carbocycles. The van der Waals surface area contributed by atoms with Gasteiger partial charge in [-0.05, 0) is 61.9 Å². The number of benzene rings is 3. The predicted molar refractivity (Wildman–Crippen MR) is 140 cm³/mol. The Kier molecular flexibility index (Phi) is 8.33. The van der Waals surface area contributed by atoms with E-state index in [2.05, 4.69) is 5.32 Å². The summed E-state index contributed by atoms with van der Waals surface area (Å²) in [6, 6.07) is 16.4. The van der Waals surface area contributed by atoms with Gasteiger partial charge in [-0.25, -0.2) is 16.8 Å². The Hall–Kier alpha value is -3.08. The van der Waals surface area contributed by atoms with Crippen molar-refractivity contribution in [2.75, 3.05) is 24.2 Å². The summed E-state index contributed by atoms with van der Waals surface area (Å²) < 4.78 is 57.0. The molecule has 0 fully saturated rings. The van der Waals surface area contributed by atoms with Crippen molar-refractivity contribution in [2.24, 2.45) is 0 Å². The maximum absolute atomic E-state index is 13.6. The Morgan fingerprint density at radius 1 is 0.972 bits per heavy atom. The fourth-order valence-corrected chi connectivity index (χ4v) is 5.72. The number of hydrogen-bond donors (Lipinski definition) is 1. The topological polar surface area (TPSA) is 110 Å². The number of carbonyl (C=O) groups excluding carboxylic acids is 1. The summed E-state index contributed by atoms with van der Waals surface area (Å²) >= 11 is 6.16. The summed E-state index contributed by atoms with van der Waals surface area (Å²) in [6.07, 6.45) is 1.11. The van der Waals surface area contributed by atoms with E-state index in [9.17, 15) is 21.6 Å². The largest absolute Gasteiger partial charge is 0.495 e. The van der Waals surface area contributed by atoms with E-state index in [1.165, 1.54) is 43.5 Å². The van der Waals surface area contributed by atoms with Crippen molar-refractivity contribution in [3.05, 3.63) is 82.9 Å². The first kappa shape index (κ1) is 27.5. The van der Waals surface area contributed by atoms with Crippen molar-refractivity contribution >= 4 is 43.1 Å². The molecule has 3 rings (SSSR count). The normalized spacial score (nSPS) is 12.6. The lowest BCUT2D eigenvalue weighted by Crippen LogP contribution is -2.41. The molecule has 1 N–H and O–H groups in total. The lowest BCUT2D eigenvalue weighted by atomic mass is 10.1. The van der Waals surface area contributed by atoms with Crippen LogP contribution in [-0.2, 0) is 24.7 Å². The number of anilines is 1. The second-order valence-corrected chi connectivity index (χ2v) is 12.6. The van der Waals surface area contributed by atoms with Crippen LogP contribution in [0.5, 0.6) is 5.75 Å². The monoisotopic (exact) mass is 550 g/mol. The second kappa shape index (κ2) is 10.9. The maximum Gasteiger partial charge on any atom is 0.264 e. The van der Waals surface area contributed by atoms with Crippen LogP contribution in [0.1, 0.15) is 24.1 Å². The average Bonchev–Trinajstić information content (AvgIpc) is 2.82. The van der Waals surface area contributed by atoms with E-state index < -0.39 is 38.4 Å². The second-order valence-electron chi connectivity index (χ2n) is 8.27. The fourth-order valence-electron chi connectivity index (χ4n) is 3.50. The smallest absolute Gasteiger partial charge is 0.264 e. The van der Waals surface area contributed by atoms with Crippen LogP contribution in [0.4, 0.5) is 5.69 Å². The third-order valence-electron chi connectivity index (χ3n) is 5.49. The average molecular weight is 551 g/mol. The fraction of sp³-hybridized carbons (Fsp3) is 0.240. The van der Waals surface area contributed by atoms with Gasteiger partial charge in [-0.1, -0.05) is 41.4 Å². The predicted octanol–water partition coefficient (Wildman–Crippen LogP) is 4.13. The van der Waals surface area contributed by atoms with Crippen LogP contribution in [0.25, 0.3) is 0 Å². The molecule has 0 heterocycles. The van der Waals surface area contributed by atoms with Gasteiger partial charge in [0.15, 0.2) is 9.84 Å². The quantitative estimate of drug-likeness (QED) is 0.429. The van der Waals surface area contributed by atoms with Gasteiger partial charge in [0.1, 0.15) is 12.3 Å². The highest BCUT2D eigenvalue weighted by Crippen LogP contribution is 2.35. The van der Waals surface area contributed by atoms with Crippen LogP contribution >= 0.6 is 11.6 Å². The Balaban J connectivity index is 1.93. The molecule has 36 heavy (non-hydrogen) atoms. The zero-order valence-corrected chi connectivity index (χ0v) is 22.6. The van der Waals surface area contributed by atoms with Crippen molar-refractivity contribution in [1.29, 1.82) is 0 Å². The van der Waals surface area contributed by atoms with E-state index in [1.54, 1.807) is 37.3 Å². The molecule has 0 radical (unpaired) electrons. The van der Waals surface area contributed by atoms with E-state index in [0.717, 1.165) is 16.1 Å². The summed E-state index contributed by atoms with van der Waals surface area (Å²) in [6.45, 7) is 3.01. The number of amides is 1. The van der Waals surface area contributed by atoms with Crippen LogP contribution in [0.3, 0.4) is 0 Å². The number of ether oxygens (including phenoxy) is 1. The summed E-state index contributed by atoms with van der Waals surface area (Å²) in [5, 5.41) is 3.04. The summed E-state index contributed by atoms with van der Waals surface area (Å²) in [4.78, 5) is 13.2. The molecule has 8 nitrogen and oxygen atoms in total. The lowest BCUT2D eigenvalue weighted by molar-refractivity contribution is -0.120. The van der Waals surface area contributed by atoms with Crippen molar-refractivity contribution < 1.29 is 26.4 Å². The minimum atomic E-state index is -4.17. The molecule has 0 spiro atoms. The van der Waals surface area contributed by atoms with Crippen LogP contribution in [0, 0.1) is 6.92 Å². The van der Waals surface area contributed by atoms with Gasteiger partial charge in [0.05, 0.1) is 28.6 Å². The SMILES string of the molecule is COc1ccc(Cl)cc1N(CC(=O)NC(C)c1ccc(S(C)(=O)=O)cc1)S(=O)(=O)c1ccc(C)cc1. The number of sulfonamides is 1. The molecule has 0 aliphatic carbocycles. The number of nitrogens with zero attached hydrogens (tertiary/aromatic N) is 1. The summed E-state index contributed by atoms with van der Waals surface area (Å²) in [5.74, 6) is -0.347. The van der Waals surface area contributed by atoms with Gasteiger partial charge in [0, 0.05) is 11.3 Å². The molecule has 11 heteroatoms. The Morgan fingerprint density at radius 2 is 1.56 bits per heavy atom. The zero-order chi connectivity index (χ0) is 26.7. The molecule has 3 aromatic rings. The molecular formula is C25H27ClN2O6S2. The lowest BCUT2D eigenvalue weighted by Gasteiger charge is -2.26. The Bertz CT molecular complexity index is 1460. The third-order valence-corrected chi connectivity index (χ3v) is 8.63. The van der Waals surface area contributed by atoms with Gasteiger partial charge in [0.2, 0.25) is 5.91 Å². The van der Waals surface area contributed by atoms with Crippen LogP contribution in [-0.4, -0.2) is 42.7 Å². The van der Waals surface area contributed by atoms with Gasteiger partial charge in [-0.2, -0.15) is 0 Å². The first-order valence-corrected chi connectivity index (χ1v) is 14.6. The van der Waals surface area contributed by atoms with E-state index in [0.29, 0.717) is 5.56 Å². The van der Waals surface area contributed by atoms with Gasteiger partial charge >= 0.3 is 0 Å². The molecule has 1 atom stereocenters. The molecular weight excluding hydrogens is 524 g/mol. The molecule has 1 amide bonds. The van der Waals surface area contributed by atoms with Gasteiger partial charge in [-0.3, -0.25) is 9.10 Å². The number of halogens is 1. The molecule has 0 aliphatic heterocycles. The summed E-state index contributed by atoms with van der Waals surface area (Å²) in [7, 11) is -6.13. The van der Waals surface area contributed by atoms with Crippen LogP contribution in [0.2, 0.25) is 5.02 Å². The maximum atomic E-state index is 13.6. The van der Waals surface area contributed by atoms with Crippen LogP contribution < -0.4 is 14.4 Å². The molecule has 0 aromatic heterocycles. The van der Waals surface area contributed by atoms with Crippen LogP contribution in [0.15, 0.2) is 76.5 Å². The number of hydrogen-bond acceptors (Lipinski definition) is 6. The van der Waals surface area contributed by atoms with Crippen molar-refractivity contribution in [3.63, 3.8) is 0 Å². The number of carbonyl (C=O) groups is 1. The Morgan fingerprint density at radius 3 is 2.11 bits per heavy atom. The number of aryl methyl sites for hydroxylation is 1. The van der Waals surface area contributed by atoms with Gasteiger partial charge < -0.3 is 10.1 Å². The molecule has 1 unspecified atom stereocenters. The minimum absolute atomic E-state index is 0.00680. The number of nitrogens with one attached hydrogen (secondary N) is 1. The first-order valence-electron chi connectivity index (χ1n) is 10.9. The molecule has 0 saturated heterocycles. The first-order chi connectivity index (χ1) is 16.8. The van der Waals surface area contributed by atoms with E-state index in [4.69, 9.17) is 16.3 Å². The highest BCUT2D eigenvalue weighted by atomic mass is 35.5. The Labute approximate surface area is 216 Å². The van der Waals surface area contributed by atoms with Crippen molar-refractivity contribution in [2.45, 2.75) is 29.7 Å². The highest BCUT2D eigenvalue weighted by Gasteiger charge is 2.30. The number of methoxy groups -OCH3 is 1. The third kappa shape index (κ3) is 6.37.